The molecule has 3 aromatic rings. The van der Waals surface area contributed by atoms with E-state index in [4.69, 9.17) is 27.9 Å². The topological polar surface area (TPSA) is 58.6 Å². The fraction of sp³-hybridized carbons (Fsp3) is 0.310. The van der Waals surface area contributed by atoms with E-state index in [2.05, 4.69) is 21.2 Å². The number of carbonyl (C=O) groups is 2. The first-order valence-corrected chi connectivity index (χ1v) is 13.7. The van der Waals surface area contributed by atoms with Crippen molar-refractivity contribution in [3.8, 4) is 5.75 Å². The van der Waals surface area contributed by atoms with Crippen LogP contribution >= 0.6 is 39.1 Å². The summed E-state index contributed by atoms with van der Waals surface area (Å²) in [6.07, 6.45) is 1.13. The van der Waals surface area contributed by atoms with Gasteiger partial charge in [-0.25, -0.2) is 0 Å². The van der Waals surface area contributed by atoms with Crippen LogP contribution < -0.4 is 10.1 Å². The molecule has 0 aromatic heterocycles. The summed E-state index contributed by atoms with van der Waals surface area (Å²) in [5, 5.41) is 3.89. The number of nitrogens with one attached hydrogen (secondary N) is 1. The molecule has 1 N–H and O–H groups in total. The third kappa shape index (κ3) is 8.22. The lowest BCUT2D eigenvalue weighted by Gasteiger charge is -2.31. The van der Waals surface area contributed by atoms with Gasteiger partial charge < -0.3 is 15.0 Å². The van der Waals surface area contributed by atoms with Crippen LogP contribution in [0.1, 0.15) is 35.6 Å². The van der Waals surface area contributed by atoms with Crippen LogP contribution in [0.2, 0.25) is 10.0 Å². The van der Waals surface area contributed by atoms with Gasteiger partial charge in [0.15, 0.2) is 6.61 Å². The molecule has 2 amide bonds. The lowest BCUT2D eigenvalue weighted by atomic mass is 10.0. The van der Waals surface area contributed by atoms with Gasteiger partial charge in [0, 0.05) is 34.0 Å². The first kappa shape index (κ1) is 29.0. The minimum Gasteiger partial charge on any atom is -0.484 e. The first-order valence-electron chi connectivity index (χ1n) is 12.1. The monoisotopic (exact) mass is 604 g/mol. The third-order valence-corrected chi connectivity index (χ3v) is 7.79. The van der Waals surface area contributed by atoms with Crippen molar-refractivity contribution in [1.82, 2.24) is 10.2 Å². The zero-order valence-corrected chi connectivity index (χ0v) is 24.3. The second-order valence-electron chi connectivity index (χ2n) is 8.91. The maximum Gasteiger partial charge on any atom is 0.261 e. The molecule has 0 unspecified atom stereocenters. The summed E-state index contributed by atoms with van der Waals surface area (Å²) >= 11 is 16.1. The number of carbonyl (C=O) groups excluding carboxylic acids is 2. The Morgan fingerprint density at radius 2 is 1.70 bits per heavy atom. The van der Waals surface area contributed by atoms with Crippen molar-refractivity contribution in [2.24, 2.45) is 0 Å². The number of hydrogen-bond donors (Lipinski definition) is 1. The van der Waals surface area contributed by atoms with Crippen molar-refractivity contribution in [3.05, 3.63) is 97.4 Å². The summed E-state index contributed by atoms with van der Waals surface area (Å²) in [5.41, 5.74) is 3.65. The normalized spacial score (nSPS) is 11.6. The van der Waals surface area contributed by atoms with Gasteiger partial charge in [-0.15, -0.1) is 0 Å². The van der Waals surface area contributed by atoms with Gasteiger partial charge in [-0.3, -0.25) is 9.59 Å². The number of hydrogen-bond acceptors (Lipinski definition) is 3. The smallest absolute Gasteiger partial charge is 0.261 e. The van der Waals surface area contributed by atoms with Crippen LogP contribution in [0, 0.1) is 13.8 Å². The highest BCUT2D eigenvalue weighted by molar-refractivity contribution is 9.10. The maximum atomic E-state index is 13.7. The Morgan fingerprint density at radius 3 is 2.32 bits per heavy atom. The zero-order valence-electron chi connectivity index (χ0n) is 21.2. The van der Waals surface area contributed by atoms with Crippen molar-refractivity contribution in [1.29, 1.82) is 0 Å². The standard InChI is InChI=1S/C29H31BrCl2N2O3/c1-4-12-33-29(36)26(15-21-8-6-5-7-9-21)34(17-22-10-11-23(31)16-25(22)32)27(35)18-37-24-13-19(2)28(30)20(3)14-24/h5-11,13-14,16,26H,4,12,15,17-18H2,1-3H3,(H,33,36)/t26-/m1/s1. The van der Waals surface area contributed by atoms with E-state index in [-0.39, 0.29) is 25.0 Å². The Bertz CT molecular complexity index is 1210. The average molecular weight is 606 g/mol. The van der Waals surface area contributed by atoms with E-state index in [1.807, 2.05) is 63.2 Å². The molecule has 196 valence electrons. The van der Waals surface area contributed by atoms with Gasteiger partial charge in [0.25, 0.3) is 5.91 Å². The van der Waals surface area contributed by atoms with E-state index in [9.17, 15) is 9.59 Å². The summed E-state index contributed by atoms with van der Waals surface area (Å²) < 4.78 is 6.92. The van der Waals surface area contributed by atoms with Crippen molar-refractivity contribution < 1.29 is 14.3 Å². The Hall–Kier alpha value is -2.54. The predicted octanol–water partition coefficient (Wildman–Crippen LogP) is 6.92. The number of ether oxygens (including phenoxy) is 1. The number of aryl methyl sites for hydroxylation is 2. The average Bonchev–Trinajstić information content (AvgIpc) is 2.88. The summed E-state index contributed by atoms with van der Waals surface area (Å²) in [4.78, 5) is 28.6. The molecule has 0 aliphatic heterocycles. The van der Waals surface area contributed by atoms with Crippen LogP contribution in [0.15, 0.2) is 65.1 Å². The fourth-order valence-electron chi connectivity index (χ4n) is 3.97. The van der Waals surface area contributed by atoms with Gasteiger partial charge in [0.1, 0.15) is 11.8 Å². The van der Waals surface area contributed by atoms with Gasteiger partial charge in [-0.2, -0.15) is 0 Å². The van der Waals surface area contributed by atoms with Crippen LogP contribution in [0.3, 0.4) is 0 Å². The Morgan fingerprint density at radius 1 is 1.03 bits per heavy atom. The number of halogens is 3. The van der Waals surface area contributed by atoms with Crippen molar-refractivity contribution in [2.45, 2.75) is 46.2 Å². The molecule has 1 atom stereocenters. The highest BCUT2D eigenvalue weighted by Gasteiger charge is 2.31. The molecule has 0 heterocycles. The Labute approximate surface area is 237 Å². The number of nitrogens with zero attached hydrogens (tertiary/aromatic N) is 1. The second-order valence-corrected chi connectivity index (χ2v) is 10.6. The SMILES string of the molecule is CCCNC(=O)[C@@H](Cc1ccccc1)N(Cc1ccc(Cl)cc1Cl)C(=O)COc1cc(C)c(Br)c(C)c1. The molecule has 0 fully saturated rings. The van der Waals surface area contributed by atoms with E-state index < -0.39 is 6.04 Å². The number of benzene rings is 3. The second kappa shape index (κ2) is 13.8. The van der Waals surface area contributed by atoms with E-state index in [0.717, 1.165) is 27.6 Å². The molecular formula is C29H31BrCl2N2O3. The number of rotatable bonds is 11. The van der Waals surface area contributed by atoms with Crippen molar-refractivity contribution in [2.75, 3.05) is 13.2 Å². The van der Waals surface area contributed by atoms with Gasteiger partial charge in [-0.05, 0) is 66.8 Å². The lowest BCUT2D eigenvalue weighted by molar-refractivity contribution is -0.142. The van der Waals surface area contributed by atoms with Crippen LogP contribution in [0.25, 0.3) is 0 Å². The van der Waals surface area contributed by atoms with Gasteiger partial charge in [-0.1, -0.05) is 82.5 Å². The van der Waals surface area contributed by atoms with Gasteiger partial charge >= 0.3 is 0 Å². The van der Waals surface area contributed by atoms with E-state index in [1.165, 1.54) is 0 Å². The summed E-state index contributed by atoms with van der Waals surface area (Å²) in [6.45, 7) is 6.34. The molecule has 5 nitrogen and oxygen atoms in total. The van der Waals surface area contributed by atoms with E-state index in [0.29, 0.717) is 34.3 Å². The molecule has 3 aromatic carbocycles. The van der Waals surface area contributed by atoms with Gasteiger partial charge in [0.05, 0.1) is 0 Å². The molecule has 0 saturated heterocycles. The molecule has 0 saturated carbocycles. The number of amides is 2. The van der Waals surface area contributed by atoms with E-state index >= 15 is 0 Å². The highest BCUT2D eigenvalue weighted by Crippen LogP contribution is 2.27. The van der Waals surface area contributed by atoms with Crippen LogP contribution in [0.4, 0.5) is 0 Å². The molecule has 0 aliphatic rings. The van der Waals surface area contributed by atoms with Gasteiger partial charge in [0.2, 0.25) is 5.91 Å². The summed E-state index contributed by atoms with van der Waals surface area (Å²) in [6, 6.07) is 17.8. The fourth-order valence-corrected chi connectivity index (χ4v) is 4.67. The predicted molar refractivity (Wildman–Crippen MR) is 153 cm³/mol. The zero-order chi connectivity index (χ0) is 26.9. The third-order valence-electron chi connectivity index (χ3n) is 5.95. The van der Waals surface area contributed by atoms with Crippen LogP contribution in [-0.2, 0) is 22.6 Å². The molecule has 37 heavy (non-hydrogen) atoms. The summed E-state index contributed by atoms with van der Waals surface area (Å²) in [5.74, 6) is 0.0439. The minimum absolute atomic E-state index is 0.133. The van der Waals surface area contributed by atoms with Crippen molar-refractivity contribution >= 4 is 50.9 Å². The van der Waals surface area contributed by atoms with Crippen molar-refractivity contribution in [3.63, 3.8) is 0 Å². The van der Waals surface area contributed by atoms with E-state index in [1.54, 1.807) is 23.1 Å². The first-order chi connectivity index (χ1) is 17.7. The minimum atomic E-state index is -0.759. The summed E-state index contributed by atoms with van der Waals surface area (Å²) in [7, 11) is 0. The lowest BCUT2D eigenvalue weighted by Crippen LogP contribution is -2.51. The molecule has 0 bridgehead atoms. The highest BCUT2D eigenvalue weighted by atomic mass is 79.9. The molecule has 0 aliphatic carbocycles. The molecule has 3 rings (SSSR count). The largest absolute Gasteiger partial charge is 0.484 e. The Kier molecular flexibility index (Phi) is 10.9. The molecular weight excluding hydrogens is 575 g/mol. The van der Waals surface area contributed by atoms with Crippen LogP contribution in [-0.4, -0.2) is 35.9 Å². The van der Waals surface area contributed by atoms with Crippen LogP contribution in [0.5, 0.6) is 5.75 Å². The molecule has 0 radical (unpaired) electrons. The quantitative estimate of drug-likeness (QED) is 0.258. The maximum absolute atomic E-state index is 13.7. The Balaban J connectivity index is 1.94. The molecule has 8 heteroatoms. The molecule has 0 spiro atoms.